The van der Waals surface area contributed by atoms with E-state index in [-0.39, 0.29) is 11.5 Å². The van der Waals surface area contributed by atoms with Crippen molar-refractivity contribution in [3.63, 3.8) is 0 Å². The molecule has 1 aliphatic heterocycles. The van der Waals surface area contributed by atoms with Crippen molar-refractivity contribution in [3.8, 4) is 5.69 Å². The molecule has 24 heavy (non-hydrogen) atoms. The third kappa shape index (κ3) is 3.37. The number of hydrogen-bond acceptors (Lipinski definition) is 6. The molecule has 1 aliphatic rings. The summed E-state index contributed by atoms with van der Waals surface area (Å²) >= 11 is 2.81. The third-order valence-corrected chi connectivity index (χ3v) is 5.72. The number of aromatic nitrogens is 2. The monoisotopic (exact) mass is 362 g/mol. The van der Waals surface area contributed by atoms with Crippen LogP contribution in [0.1, 0.15) is 19.5 Å². The van der Waals surface area contributed by atoms with E-state index >= 15 is 0 Å². The summed E-state index contributed by atoms with van der Waals surface area (Å²) in [4.78, 5) is 30.3. The molecule has 0 saturated heterocycles. The molecule has 0 saturated carbocycles. The van der Waals surface area contributed by atoms with Gasteiger partial charge < -0.3 is 4.74 Å². The van der Waals surface area contributed by atoms with Crippen molar-refractivity contribution < 1.29 is 9.53 Å². The first-order chi connectivity index (χ1) is 11.6. The second-order valence-corrected chi connectivity index (χ2v) is 7.67. The first-order valence-corrected chi connectivity index (χ1v) is 9.65. The van der Waals surface area contributed by atoms with Gasteiger partial charge in [0.2, 0.25) is 0 Å². The van der Waals surface area contributed by atoms with Crippen LogP contribution in [0.25, 0.3) is 5.69 Å². The zero-order valence-corrected chi connectivity index (χ0v) is 15.2. The number of hydrogen-bond donors (Lipinski definition) is 0. The highest BCUT2D eigenvalue weighted by atomic mass is 32.2. The van der Waals surface area contributed by atoms with Gasteiger partial charge >= 0.3 is 5.97 Å². The largest absolute Gasteiger partial charge is 0.465 e. The molecule has 0 spiro atoms. The van der Waals surface area contributed by atoms with Crippen molar-refractivity contribution in [2.24, 2.45) is 0 Å². The molecule has 0 bridgehead atoms. The van der Waals surface area contributed by atoms with Gasteiger partial charge in [0.05, 0.1) is 22.9 Å². The van der Waals surface area contributed by atoms with Crippen molar-refractivity contribution in [2.45, 2.75) is 35.6 Å². The molecule has 1 aromatic carbocycles. The quantitative estimate of drug-likeness (QED) is 0.463. The number of nitrogens with zero attached hydrogens (tertiary/aromatic N) is 2. The highest BCUT2D eigenvalue weighted by Crippen LogP contribution is 2.31. The van der Waals surface area contributed by atoms with E-state index in [0.717, 1.165) is 23.6 Å². The van der Waals surface area contributed by atoms with Crippen LogP contribution in [0.5, 0.6) is 0 Å². The molecule has 5 nitrogen and oxygen atoms in total. The van der Waals surface area contributed by atoms with Gasteiger partial charge in [0.25, 0.3) is 5.56 Å². The molecule has 0 amide bonds. The van der Waals surface area contributed by atoms with Gasteiger partial charge in [-0.2, -0.15) is 0 Å². The van der Waals surface area contributed by atoms with Gasteiger partial charge in [-0.05, 0) is 26.0 Å². The molecule has 0 radical (unpaired) electrons. The van der Waals surface area contributed by atoms with Crippen LogP contribution in [-0.2, 0) is 16.0 Å². The molecule has 3 rings (SSSR count). The first kappa shape index (κ1) is 17.1. The number of carbonyl (C=O) groups is 1. The first-order valence-electron chi connectivity index (χ1n) is 7.79. The van der Waals surface area contributed by atoms with E-state index in [2.05, 4.69) is 4.98 Å². The average molecular weight is 362 g/mol. The van der Waals surface area contributed by atoms with Crippen LogP contribution in [0.15, 0.2) is 45.2 Å². The van der Waals surface area contributed by atoms with E-state index < -0.39 is 5.25 Å². The van der Waals surface area contributed by atoms with Crippen LogP contribution >= 0.6 is 23.5 Å². The number of fused-ring (bicyclic) bond motifs is 1. The third-order valence-electron chi connectivity index (χ3n) is 3.58. The lowest BCUT2D eigenvalue weighted by Gasteiger charge is -2.16. The van der Waals surface area contributed by atoms with Crippen molar-refractivity contribution >= 4 is 29.5 Å². The molecule has 1 atom stereocenters. The Labute approximate surface area is 148 Å². The maximum atomic E-state index is 12.9. The van der Waals surface area contributed by atoms with Crippen molar-refractivity contribution in [2.75, 3.05) is 12.4 Å². The molecule has 7 heteroatoms. The summed E-state index contributed by atoms with van der Waals surface area (Å²) in [5, 5.41) is 0.104. The highest BCUT2D eigenvalue weighted by Gasteiger charge is 2.25. The summed E-state index contributed by atoms with van der Waals surface area (Å²) in [6.07, 6.45) is 0.784. The van der Waals surface area contributed by atoms with Gasteiger partial charge in [-0.15, -0.1) is 11.8 Å². The standard InChI is InChI=1S/C17H18N2O3S2/c1-3-22-16(21)11(2)24-17-18-13-9-10-23-14(13)15(20)19(17)12-7-5-4-6-8-12/h4-8,11H,3,9-10H2,1-2H3. The van der Waals surface area contributed by atoms with Crippen molar-refractivity contribution in [1.29, 1.82) is 0 Å². The Kier molecular flexibility index (Phi) is 5.30. The fourth-order valence-corrected chi connectivity index (χ4v) is 4.41. The lowest BCUT2D eigenvalue weighted by Crippen LogP contribution is -2.25. The van der Waals surface area contributed by atoms with Gasteiger partial charge in [-0.1, -0.05) is 30.0 Å². The van der Waals surface area contributed by atoms with Gasteiger partial charge in [-0.25, -0.2) is 4.98 Å². The predicted octanol–water partition coefficient (Wildman–Crippen LogP) is 2.92. The summed E-state index contributed by atoms with van der Waals surface area (Å²) in [7, 11) is 0. The van der Waals surface area contributed by atoms with Crippen LogP contribution < -0.4 is 5.56 Å². The van der Waals surface area contributed by atoms with Gasteiger partial charge in [0.15, 0.2) is 5.16 Å². The minimum absolute atomic E-state index is 0.0627. The van der Waals surface area contributed by atoms with Crippen LogP contribution in [-0.4, -0.2) is 33.1 Å². The molecule has 0 N–H and O–H groups in total. The number of benzene rings is 1. The second-order valence-electron chi connectivity index (χ2n) is 5.26. The normalized spacial score (nSPS) is 14.2. The van der Waals surface area contributed by atoms with E-state index in [1.165, 1.54) is 11.8 Å². The maximum Gasteiger partial charge on any atom is 0.319 e. The molecule has 0 fully saturated rings. The zero-order valence-electron chi connectivity index (χ0n) is 13.5. The van der Waals surface area contributed by atoms with Crippen LogP contribution in [0, 0.1) is 0 Å². The number of carbonyl (C=O) groups excluding carboxylic acids is 1. The Morgan fingerprint density at radius 1 is 1.42 bits per heavy atom. The number of ether oxygens (including phenoxy) is 1. The van der Waals surface area contributed by atoms with Crippen LogP contribution in [0.3, 0.4) is 0 Å². The Morgan fingerprint density at radius 2 is 2.17 bits per heavy atom. The Balaban J connectivity index is 2.06. The number of aryl methyl sites for hydroxylation is 1. The van der Waals surface area contributed by atoms with E-state index in [1.54, 1.807) is 30.2 Å². The molecule has 2 aromatic rings. The van der Waals surface area contributed by atoms with E-state index in [9.17, 15) is 9.59 Å². The Bertz CT molecular complexity index is 805. The summed E-state index contributed by atoms with van der Waals surface area (Å²) in [5.41, 5.74) is 1.52. The fourth-order valence-electron chi connectivity index (χ4n) is 2.44. The summed E-state index contributed by atoms with van der Waals surface area (Å²) in [5.74, 6) is 0.569. The van der Waals surface area contributed by atoms with Gasteiger partial charge in [-0.3, -0.25) is 14.2 Å². The topological polar surface area (TPSA) is 61.2 Å². The van der Waals surface area contributed by atoms with Crippen LogP contribution in [0.4, 0.5) is 0 Å². The van der Waals surface area contributed by atoms with E-state index in [0.29, 0.717) is 16.7 Å². The van der Waals surface area contributed by atoms with E-state index in [1.807, 2.05) is 30.3 Å². The fraction of sp³-hybridized carbons (Fsp3) is 0.353. The number of para-hydroxylation sites is 1. The molecular weight excluding hydrogens is 344 g/mol. The number of thioether (sulfide) groups is 2. The minimum Gasteiger partial charge on any atom is -0.465 e. The number of esters is 1. The molecule has 1 aromatic heterocycles. The number of rotatable bonds is 5. The van der Waals surface area contributed by atoms with Crippen molar-refractivity contribution in [3.05, 3.63) is 46.4 Å². The average Bonchev–Trinajstić information content (AvgIpc) is 3.05. The lowest BCUT2D eigenvalue weighted by atomic mass is 10.3. The highest BCUT2D eigenvalue weighted by molar-refractivity contribution is 8.00. The Morgan fingerprint density at radius 3 is 2.88 bits per heavy atom. The zero-order chi connectivity index (χ0) is 17.1. The Hall–Kier alpha value is -1.73. The van der Waals surface area contributed by atoms with Gasteiger partial charge in [0.1, 0.15) is 5.25 Å². The predicted molar refractivity (Wildman–Crippen MR) is 96.2 cm³/mol. The summed E-state index contributed by atoms with van der Waals surface area (Å²) < 4.78 is 6.66. The second kappa shape index (κ2) is 7.44. The lowest BCUT2D eigenvalue weighted by molar-refractivity contribution is -0.142. The van der Waals surface area contributed by atoms with Crippen LogP contribution in [0.2, 0.25) is 0 Å². The smallest absolute Gasteiger partial charge is 0.319 e. The molecular formula is C17H18N2O3S2. The van der Waals surface area contributed by atoms with Crippen molar-refractivity contribution in [1.82, 2.24) is 9.55 Å². The summed E-state index contributed by atoms with van der Waals surface area (Å²) in [6, 6.07) is 9.40. The molecule has 126 valence electrons. The maximum absolute atomic E-state index is 12.9. The van der Waals surface area contributed by atoms with E-state index in [4.69, 9.17) is 4.74 Å². The molecule has 2 heterocycles. The molecule has 1 unspecified atom stereocenters. The minimum atomic E-state index is -0.432. The summed E-state index contributed by atoms with van der Waals surface area (Å²) in [6.45, 7) is 3.88. The SMILES string of the molecule is CCOC(=O)C(C)Sc1nc2c(c(=O)n1-c1ccccc1)SCC2. The molecule has 0 aliphatic carbocycles. The van der Waals surface area contributed by atoms with Gasteiger partial charge in [0, 0.05) is 12.2 Å².